The van der Waals surface area contributed by atoms with E-state index in [1.807, 2.05) is 6.07 Å². The molecule has 0 aliphatic rings. The molecule has 1 aromatic carbocycles. The summed E-state index contributed by atoms with van der Waals surface area (Å²) in [4.78, 5) is 10.6. The van der Waals surface area contributed by atoms with Gasteiger partial charge in [-0.25, -0.2) is 0 Å². The van der Waals surface area contributed by atoms with Gasteiger partial charge in [-0.15, -0.1) is 0 Å². The van der Waals surface area contributed by atoms with Crippen molar-refractivity contribution in [1.82, 2.24) is 0 Å². The standard InChI is InChI=1S/C11H11NO3/c1-7-2-8(5-12)10(4-11(14)15)9(3-7)6-13/h2-3,13H,4,6H2,1H3,(H,14,15). The third-order valence-electron chi connectivity index (χ3n) is 2.11. The summed E-state index contributed by atoms with van der Waals surface area (Å²) in [6.45, 7) is 1.55. The van der Waals surface area contributed by atoms with E-state index >= 15 is 0 Å². The van der Waals surface area contributed by atoms with E-state index in [0.29, 0.717) is 16.7 Å². The van der Waals surface area contributed by atoms with Gasteiger partial charge in [-0.2, -0.15) is 5.26 Å². The Morgan fingerprint density at radius 1 is 1.53 bits per heavy atom. The van der Waals surface area contributed by atoms with Crippen molar-refractivity contribution < 1.29 is 15.0 Å². The number of aliphatic hydroxyl groups excluding tert-OH is 1. The first-order chi connectivity index (χ1) is 7.08. The van der Waals surface area contributed by atoms with Crippen LogP contribution in [0.15, 0.2) is 12.1 Å². The van der Waals surface area contributed by atoms with Crippen molar-refractivity contribution >= 4 is 5.97 Å². The molecule has 0 aliphatic heterocycles. The summed E-state index contributed by atoms with van der Waals surface area (Å²) in [6.07, 6.45) is -0.237. The molecule has 0 saturated heterocycles. The quantitative estimate of drug-likeness (QED) is 0.770. The van der Waals surface area contributed by atoms with Gasteiger partial charge in [0.2, 0.25) is 0 Å². The molecule has 0 radical (unpaired) electrons. The molecule has 0 heterocycles. The topological polar surface area (TPSA) is 81.3 Å². The summed E-state index contributed by atoms with van der Waals surface area (Å²) in [5.41, 5.74) is 2.07. The minimum atomic E-state index is -1.01. The lowest BCUT2D eigenvalue weighted by Gasteiger charge is -2.08. The summed E-state index contributed by atoms with van der Waals surface area (Å²) < 4.78 is 0. The molecule has 0 unspecified atom stereocenters. The molecule has 0 amide bonds. The molecule has 0 aliphatic carbocycles. The lowest BCUT2D eigenvalue weighted by molar-refractivity contribution is -0.136. The molecule has 1 aromatic rings. The highest BCUT2D eigenvalue weighted by atomic mass is 16.4. The Hall–Kier alpha value is -1.86. The number of nitrogens with zero attached hydrogens (tertiary/aromatic N) is 1. The van der Waals surface area contributed by atoms with Crippen LogP contribution in [0.1, 0.15) is 22.3 Å². The maximum absolute atomic E-state index is 10.6. The van der Waals surface area contributed by atoms with Gasteiger partial charge in [-0.05, 0) is 29.7 Å². The van der Waals surface area contributed by atoms with E-state index in [2.05, 4.69) is 0 Å². The third-order valence-corrected chi connectivity index (χ3v) is 2.11. The molecule has 15 heavy (non-hydrogen) atoms. The summed E-state index contributed by atoms with van der Waals surface area (Å²) >= 11 is 0. The van der Waals surface area contributed by atoms with E-state index < -0.39 is 5.97 Å². The number of nitriles is 1. The number of aryl methyl sites for hydroxylation is 1. The number of carboxylic acid groups (broad SMARTS) is 1. The van der Waals surface area contributed by atoms with Gasteiger partial charge in [-0.1, -0.05) is 6.07 Å². The third kappa shape index (κ3) is 2.55. The van der Waals surface area contributed by atoms with Gasteiger partial charge in [0, 0.05) is 0 Å². The second kappa shape index (κ2) is 4.58. The molecule has 2 N–H and O–H groups in total. The summed E-state index contributed by atoms with van der Waals surface area (Å²) in [7, 11) is 0. The van der Waals surface area contributed by atoms with Crippen LogP contribution in [0.25, 0.3) is 0 Å². The van der Waals surface area contributed by atoms with Gasteiger partial charge in [0.15, 0.2) is 0 Å². The summed E-state index contributed by atoms with van der Waals surface area (Å²) in [5.74, 6) is -1.01. The van der Waals surface area contributed by atoms with Crippen molar-refractivity contribution in [3.05, 3.63) is 34.4 Å². The first-order valence-corrected chi connectivity index (χ1v) is 4.43. The van der Waals surface area contributed by atoms with Gasteiger partial charge < -0.3 is 10.2 Å². The Bertz CT molecular complexity index is 432. The monoisotopic (exact) mass is 205 g/mol. The zero-order valence-corrected chi connectivity index (χ0v) is 8.32. The zero-order valence-electron chi connectivity index (χ0n) is 8.32. The van der Waals surface area contributed by atoms with Crippen LogP contribution >= 0.6 is 0 Å². The number of carboxylic acids is 1. The molecule has 0 bridgehead atoms. The maximum Gasteiger partial charge on any atom is 0.307 e. The Morgan fingerprint density at radius 3 is 2.67 bits per heavy atom. The minimum Gasteiger partial charge on any atom is -0.481 e. The predicted octanol–water partition coefficient (Wildman–Crippen LogP) is 0.986. The predicted molar refractivity (Wildman–Crippen MR) is 53.2 cm³/mol. The van der Waals surface area contributed by atoms with Crippen LogP contribution in [0.2, 0.25) is 0 Å². The molecule has 1 rings (SSSR count). The van der Waals surface area contributed by atoms with E-state index in [9.17, 15) is 4.79 Å². The van der Waals surface area contributed by atoms with Crippen LogP contribution in [0.4, 0.5) is 0 Å². The maximum atomic E-state index is 10.6. The van der Waals surface area contributed by atoms with Gasteiger partial charge in [0.25, 0.3) is 0 Å². The van der Waals surface area contributed by atoms with E-state index in [4.69, 9.17) is 15.5 Å². The van der Waals surface area contributed by atoms with Crippen molar-refractivity contribution in [2.75, 3.05) is 0 Å². The van der Waals surface area contributed by atoms with E-state index in [-0.39, 0.29) is 13.0 Å². The number of hydrogen-bond acceptors (Lipinski definition) is 3. The Labute approximate surface area is 87.4 Å². The Morgan fingerprint density at radius 2 is 2.20 bits per heavy atom. The highest BCUT2D eigenvalue weighted by Gasteiger charge is 2.12. The fraction of sp³-hybridized carbons (Fsp3) is 0.273. The molecule has 0 spiro atoms. The van der Waals surface area contributed by atoms with E-state index in [0.717, 1.165) is 5.56 Å². The number of rotatable bonds is 3. The van der Waals surface area contributed by atoms with Crippen LogP contribution in [0.3, 0.4) is 0 Å². The molecule has 4 nitrogen and oxygen atoms in total. The molecule has 0 atom stereocenters. The van der Waals surface area contributed by atoms with Crippen molar-refractivity contribution in [2.45, 2.75) is 20.0 Å². The molecule has 0 saturated carbocycles. The normalized spacial score (nSPS) is 9.67. The van der Waals surface area contributed by atoms with Crippen molar-refractivity contribution in [3.63, 3.8) is 0 Å². The number of aliphatic hydroxyl groups is 1. The van der Waals surface area contributed by atoms with Crippen LogP contribution in [0, 0.1) is 18.3 Å². The second-order valence-electron chi connectivity index (χ2n) is 3.29. The SMILES string of the molecule is Cc1cc(C#N)c(CC(=O)O)c(CO)c1. The zero-order chi connectivity index (χ0) is 11.4. The number of benzene rings is 1. The van der Waals surface area contributed by atoms with Gasteiger partial charge >= 0.3 is 5.97 Å². The molecule has 0 aromatic heterocycles. The fourth-order valence-electron chi connectivity index (χ4n) is 1.49. The Balaban J connectivity index is 3.31. The molecular formula is C11H11NO3. The summed E-state index contributed by atoms with van der Waals surface area (Å²) in [5, 5.41) is 26.6. The molecule has 4 heteroatoms. The van der Waals surface area contributed by atoms with E-state index in [1.54, 1.807) is 19.1 Å². The lowest BCUT2D eigenvalue weighted by atomic mass is 9.96. The van der Waals surface area contributed by atoms with Crippen LogP contribution < -0.4 is 0 Å². The van der Waals surface area contributed by atoms with Gasteiger partial charge in [0.1, 0.15) is 0 Å². The molecular weight excluding hydrogens is 194 g/mol. The largest absolute Gasteiger partial charge is 0.481 e. The highest BCUT2D eigenvalue weighted by molar-refractivity contribution is 5.72. The van der Waals surface area contributed by atoms with Crippen molar-refractivity contribution in [1.29, 1.82) is 5.26 Å². The van der Waals surface area contributed by atoms with Crippen LogP contribution in [0.5, 0.6) is 0 Å². The summed E-state index contributed by atoms with van der Waals surface area (Å²) in [6, 6.07) is 5.26. The van der Waals surface area contributed by atoms with Crippen molar-refractivity contribution in [3.8, 4) is 6.07 Å². The second-order valence-corrected chi connectivity index (χ2v) is 3.29. The first-order valence-electron chi connectivity index (χ1n) is 4.43. The molecule has 78 valence electrons. The first kappa shape index (κ1) is 11.2. The number of aliphatic carboxylic acids is 1. The van der Waals surface area contributed by atoms with E-state index in [1.165, 1.54) is 0 Å². The number of hydrogen-bond donors (Lipinski definition) is 2. The average Bonchev–Trinajstić information content (AvgIpc) is 2.19. The minimum absolute atomic E-state index is 0.237. The fourth-order valence-corrected chi connectivity index (χ4v) is 1.49. The average molecular weight is 205 g/mol. The van der Waals surface area contributed by atoms with Gasteiger partial charge in [-0.3, -0.25) is 4.79 Å². The lowest BCUT2D eigenvalue weighted by Crippen LogP contribution is -2.06. The van der Waals surface area contributed by atoms with Crippen molar-refractivity contribution in [2.24, 2.45) is 0 Å². The smallest absolute Gasteiger partial charge is 0.307 e. The number of carbonyl (C=O) groups is 1. The highest BCUT2D eigenvalue weighted by Crippen LogP contribution is 2.18. The van der Waals surface area contributed by atoms with Gasteiger partial charge in [0.05, 0.1) is 24.7 Å². The molecule has 0 fully saturated rings. The van der Waals surface area contributed by atoms with Crippen LogP contribution in [-0.4, -0.2) is 16.2 Å². The van der Waals surface area contributed by atoms with Crippen LogP contribution in [-0.2, 0) is 17.8 Å². The Kier molecular flexibility index (Phi) is 3.42.